The number of ketones is 1. The molecule has 2 heterocycles. The van der Waals surface area contributed by atoms with E-state index >= 15 is 0 Å². The van der Waals surface area contributed by atoms with Crippen LogP contribution >= 0.6 is 0 Å². The zero-order valence-electron chi connectivity index (χ0n) is 15.4. The SMILES string of the molecule is CCc1nnn(CC(=O)C[C@H]2Cc3cccc(C(=O)O)c3OB2O)c1CC. The third kappa shape index (κ3) is 3.87. The van der Waals surface area contributed by atoms with Crippen LogP contribution in [0.1, 0.15) is 47.6 Å². The molecule has 1 aliphatic rings. The molecule has 0 aliphatic carbocycles. The van der Waals surface area contributed by atoms with Crippen LogP contribution in [0, 0.1) is 0 Å². The first-order valence-corrected chi connectivity index (χ1v) is 9.07. The van der Waals surface area contributed by atoms with Crippen molar-refractivity contribution in [1.29, 1.82) is 0 Å². The molecule has 2 aromatic rings. The van der Waals surface area contributed by atoms with Gasteiger partial charge in [-0.15, -0.1) is 5.10 Å². The molecule has 0 unspecified atom stereocenters. The summed E-state index contributed by atoms with van der Waals surface area (Å²) in [7, 11) is -1.23. The Bertz CT molecular complexity index is 867. The van der Waals surface area contributed by atoms with E-state index in [9.17, 15) is 19.7 Å². The number of nitrogens with zero attached hydrogens (tertiary/aromatic N) is 3. The zero-order valence-corrected chi connectivity index (χ0v) is 15.4. The molecular formula is C18H22BN3O5. The number of carboxylic acid groups (broad SMARTS) is 1. The van der Waals surface area contributed by atoms with Gasteiger partial charge in [0, 0.05) is 12.2 Å². The van der Waals surface area contributed by atoms with Crippen molar-refractivity contribution in [2.75, 3.05) is 0 Å². The van der Waals surface area contributed by atoms with Crippen molar-refractivity contribution in [1.82, 2.24) is 15.0 Å². The first-order chi connectivity index (χ1) is 12.9. The fourth-order valence-electron chi connectivity index (χ4n) is 3.51. The summed E-state index contributed by atoms with van der Waals surface area (Å²) in [5.74, 6) is -1.45. The van der Waals surface area contributed by atoms with Crippen LogP contribution in [0.25, 0.3) is 0 Å². The Labute approximate surface area is 157 Å². The van der Waals surface area contributed by atoms with Gasteiger partial charge in [-0.1, -0.05) is 31.2 Å². The Morgan fingerprint density at radius 1 is 1.33 bits per heavy atom. The summed E-state index contributed by atoms with van der Waals surface area (Å²) in [5, 5.41) is 27.7. The number of carboxylic acids is 1. The number of carbonyl (C=O) groups excluding carboxylic acids is 1. The first-order valence-electron chi connectivity index (χ1n) is 9.07. The Hall–Kier alpha value is -2.68. The third-order valence-corrected chi connectivity index (χ3v) is 4.85. The number of hydrogen-bond donors (Lipinski definition) is 2. The summed E-state index contributed by atoms with van der Waals surface area (Å²) < 4.78 is 7.06. The lowest BCUT2D eigenvalue weighted by atomic mass is 9.64. The molecule has 1 atom stereocenters. The lowest BCUT2D eigenvalue weighted by molar-refractivity contribution is -0.120. The smallest absolute Gasteiger partial charge is 0.526 e. The highest BCUT2D eigenvalue weighted by molar-refractivity contribution is 6.47. The van der Waals surface area contributed by atoms with Crippen LogP contribution in [-0.4, -0.2) is 44.0 Å². The number of rotatable bonds is 7. The fraction of sp³-hybridized carbons (Fsp3) is 0.444. The number of benzene rings is 1. The number of hydrogen-bond acceptors (Lipinski definition) is 6. The van der Waals surface area contributed by atoms with Crippen molar-refractivity contribution < 1.29 is 24.4 Å². The van der Waals surface area contributed by atoms with E-state index < -0.39 is 18.9 Å². The number of aromatic carboxylic acids is 1. The van der Waals surface area contributed by atoms with Crippen molar-refractivity contribution >= 4 is 18.9 Å². The molecule has 142 valence electrons. The number of para-hydroxylation sites is 1. The monoisotopic (exact) mass is 371 g/mol. The van der Waals surface area contributed by atoms with Crippen molar-refractivity contribution in [2.24, 2.45) is 0 Å². The molecule has 1 aromatic heterocycles. The minimum absolute atomic E-state index is 0.0126. The second-order valence-corrected chi connectivity index (χ2v) is 6.66. The molecular weight excluding hydrogens is 349 g/mol. The zero-order chi connectivity index (χ0) is 19.6. The molecule has 0 spiro atoms. The predicted molar refractivity (Wildman–Crippen MR) is 97.9 cm³/mol. The molecule has 9 heteroatoms. The number of aryl methyl sites for hydroxylation is 1. The number of fused-ring (bicyclic) bond motifs is 1. The lowest BCUT2D eigenvalue weighted by Crippen LogP contribution is -2.36. The van der Waals surface area contributed by atoms with E-state index in [0.29, 0.717) is 12.0 Å². The minimum Gasteiger partial charge on any atom is -0.535 e. The number of aromatic nitrogens is 3. The summed E-state index contributed by atoms with van der Waals surface area (Å²) in [5.41, 5.74) is 2.53. The van der Waals surface area contributed by atoms with Gasteiger partial charge in [0.05, 0.1) is 17.0 Å². The van der Waals surface area contributed by atoms with Gasteiger partial charge in [-0.3, -0.25) is 4.79 Å². The Balaban J connectivity index is 1.71. The highest BCUT2D eigenvalue weighted by Crippen LogP contribution is 2.36. The largest absolute Gasteiger partial charge is 0.535 e. The van der Waals surface area contributed by atoms with Gasteiger partial charge in [-0.05, 0) is 30.9 Å². The van der Waals surface area contributed by atoms with Crippen LogP contribution in [0.5, 0.6) is 5.75 Å². The lowest BCUT2D eigenvalue weighted by Gasteiger charge is -2.28. The maximum absolute atomic E-state index is 12.5. The summed E-state index contributed by atoms with van der Waals surface area (Å²) in [4.78, 5) is 23.8. The summed E-state index contributed by atoms with van der Waals surface area (Å²) in [6.07, 6.45) is 1.99. The molecule has 27 heavy (non-hydrogen) atoms. The van der Waals surface area contributed by atoms with Gasteiger partial charge in [0.25, 0.3) is 0 Å². The molecule has 0 bridgehead atoms. The maximum Gasteiger partial charge on any atom is 0.526 e. The van der Waals surface area contributed by atoms with E-state index in [-0.39, 0.29) is 30.1 Å². The van der Waals surface area contributed by atoms with Gasteiger partial charge in [0.15, 0.2) is 5.78 Å². The number of carbonyl (C=O) groups is 2. The molecule has 3 rings (SSSR count). The molecule has 0 amide bonds. The summed E-state index contributed by atoms with van der Waals surface area (Å²) in [6.45, 7) is 4.09. The van der Waals surface area contributed by atoms with E-state index in [1.54, 1.807) is 16.8 Å². The van der Waals surface area contributed by atoms with Crippen LogP contribution in [0.3, 0.4) is 0 Å². The quantitative estimate of drug-likeness (QED) is 0.710. The van der Waals surface area contributed by atoms with Gasteiger partial charge in [0.2, 0.25) is 0 Å². The van der Waals surface area contributed by atoms with E-state index in [4.69, 9.17) is 4.65 Å². The van der Waals surface area contributed by atoms with Crippen molar-refractivity contribution in [3.8, 4) is 5.75 Å². The summed E-state index contributed by atoms with van der Waals surface area (Å²) in [6, 6.07) is 4.82. The number of Topliss-reactive ketones (excluding diaryl/α,β-unsaturated/α-hetero) is 1. The molecule has 2 N–H and O–H groups in total. The van der Waals surface area contributed by atoms with E-state index in [1.165, 1.54) is 6.07 Å². The van der Waals surface area contributed by atoms with Gasteiger partial charge < -0.3 is 14.8 Å². The van der Waals surface area contributed by atoms with Crippen LogP contribution in [0.2, 0.25) is 5.82 Å². The van der Waals surface area contributed by atoms with E-state index in [2.05, 4.69) is 10.3 Å². The highest BCUT2D eigenvalue weighted by Gasteiger charge is 2.37. The fourth-order valence-corrected chi connectivity index (χ4v) is 3.51. The molecule has 8 nitrogen and oxygen atoms in total. The van der Waals surface area contributed by atoms with Crippen molar-refractivity contribution in [2.45, 2.75) is 51.9 Å². The molecule has 1 aromatic carbocycles. The first kappa shape index (κ1) is 19.1. The van der Waals surface area contributed by atoms with Crippen LogP contribution in [0.4, 0.5) is 0 Å². The Morgan fingerprint density at radius 2 is 2.11 bits per heavy atom. The van der Waals surface area contributed by atoms with E-state index in [1.807, 2.05) is 13.8 Å². The average Bonchev–Trinajstić information content (AvgIpc) is 3.03. The standard InChI is InChI=1S/C18H22BN3O5/c1-3-15-16(4-2)22(21-20-15)10-13(23)9-12-8-11-6-5-7-14(18(24)25)17(11)27-19(12)26/h5-7,12,26H,3-4,8-10H2,1-2H3,(H,24,25)/t12-/m1/s1. The van der Waals surface area contributed by atoms with Gasteiger partial charge in [0.1, 0.15) is 12.3 Å². The minimum atomic E-state index is -1.23. The second kappa shape index (κ2) is 7.91. The third-order valence-electron chi connectivity index (χ3n) is 4.85. The maximum atomic E-state index is 12.5. The second-order valence-electron chi connectivity index (χ2n) is 6.66. The molecule has 1 aliphatic heterocycles. The normalized spacial score (nSPS) is 16.0. The van der Waals surface area contributed by atoms with E-state index in [0.717, 1.165) is 24.2 Å². The summed E-state index contributed by atoms with van der Waals surface area (Å²) >= 11 is 0. The van der Waals surface area contributed by atoms with Crippen LogP contribution < -0.4 is 4.65 Å². The molecule has 0 radical (unpaired) electrons. The molecule has 0 saturated carbocycles. The van der Waals surface area contributed by atoms with Gasteiger partial charge >= 0.3 is 13.1 Å². The molecule has 0 fully saturated rings. The Morgan fingerprint density at radius 3 is 2.78 bits per heavy atom. The molecule has 0 saturated heterocycles. The predicted octanol–water partition coefficient (Wildman–Crippen LogP) is 1.55. The highest BCUT2D eigenvalue weighted by atomic mass is 16.5. The van der Waals surface area contributed by atoms with Crippen molar-refractivity contribution in [3.63, 3.8) is 0 Å². The van der Waals surface area contributed by atoms with Crippen LogP contribution in [-0.2, 0) is 30.6 Å². The van der Waals surface area contributed by atoms with Gasteiger partial charge in [-0.25, -0.2) is 9.48 Å². The van der Waals surface area contributed by atoms with Crippen LogP contribution in [0.15, 0.2) is 18.2 Å². The van der Waals surface area contributed by atoms with Gasteiger partial charge in [-0.2, -0.15) is 0 Å². The average molecular weight is 371 g/mol. The Kier molecular flexibility index (Phi) is 5.60. The van der Waals surface area contributed by atoms with Crippen molar-refractivity contribution in [3.05, 3.63) is 40.7 Å². The topological polar surface area (TPSA) is 115 Å².